The number of nitrogens with zero attached hydrogens (tertiary/aromatic N) is 19. The maximum atomic E-state index is 6.22. The molecule has 21 rings (SSSR count). The van der Waals surface area contributed by atoms with Gasteiger partial charge < -0.3 is 27.9 Å². The van der Waals surface area contributed by atoms with E-state index >= 15 is 0 Å². The van der Waals surface area contributed by atoms with E-state index in [1.807, 2.05) is 215 Å². The molecule has 0 bridgehead atoms. The maximum Gasteiger partial charge on any atom is 0.153 e. The largest absolute Gasteiger partial charge is 0.382 e. The first kappa shape index (κ1) is 98.7. The van der Waals surface area contributed by atoms with Gasteiger partial charge in [-0.2, -0.15) is 25.5 Å². The Balaban J connectivity index is 0.000000203. The molecule has 0 radical (unpaired) electrons. The van der Waals surface area contributed by atoms with E-state index in [0.29, 0.717) is 41.0 Å². The number of para-hydroxylation sites is 3. The lowest BCUT2D eigenvalue weighted by Crippen LogP contribution is -2.12. The molecule has 6 aromatic carbocycles. The van der Waals surface area contributed by atoms with Gasteiger partial charge in [0.05, 0.1) is 45.8 Å². The van der Waals surface area contributed by atoms with Crippen molar-refractivity contribution < 1.29 is 0 Å². The third-order valence-corrected chi connectivity index (χ3v) is 20.6. The van der Waals surface area contributed by atoms with E-state index in [4.69, 9.17) is 43.3 Å². The van der Waals surface area contributed by atoms with E-state index in [-0.39, 0.29) is 5.92 Å². The number of imidazole rings is 1. The standard InChI is InChI=1S/C21H19N5.3C16H17N5.C7H6N2.C5H5N.C3H4N2.8C2H6/c22-21-20-19(23-13-24-21)18(25-26(20)15-9-2-1-3-10-15)17-12-6-8-14-7-4-5-11-16(14)17;3*1-21-15-14(18-9-19-16(15)17)13(20-21)12-8-4-6-10-5-2-3-7-11(10)12;1-2-4-7-6(3-1)8-5-9-7;1-2-4-6-5-3-1;1-2-4-5-3-1;8*1-2/h1-5,7,9-11,13,17H,6,8,12H2,(H2,22,23,24);3*2-3,5,7,9,12H,4,6,8H2,1H3,(H2,17,18,19);1-5H,(H,8,9);1-5H;1-3H,(H,4,5);8*1-2H3. The molecule has 125 heavy (non-hydrogen) atoms. The molecule has 25 nitrogen and oxygen atoms in total. The number of fused-ring (bicyclic) bond motifs is 9. The Morgan fingerprint density at radius 1 is 0.312 bits per heavy atom. The van der Waals surface area contributed by atoms with Gasteiger partial charge >= 0.3 is 0 Å². The van der Waals surface area contributed by atoms with E-state index in [2.05, 4.69) is 162 Å². The van der Waals surface area contributed by atoms with Crippen LogP contribution in [0.5, 0.6) is 0 Å². The van der Waals surface area contributed by atoms with Crippen LogP contribution in [0.1, 0.15) is 253 Å². The van der Waals surface area contributed by atoms with Crippen molar-refractivity contribution in [1.82, 2.24) is 104 Å². The summed E-state index contributed by atoms with van der Waals surface area (Å²) in [4.78, 5) is 45.2. The van der Waals surface area contributed by atoms with Gasteiger partial charge in [0.25, 0.3) is 0 Å². The summed E-state index contributed by atoms with van der Waals surface area (Å²) in [7, 11) is 5.71. The molecule has 0 saturated carbocycles. The van der Waals surface area contributed by atoms with Gasteiger partial charge in [-0.05, 0) is 164 Å². The summed E-state index contributed by atoms with van der Waals surface area (Å²) in [5, 5.41) is 25.3. The molecule has 11 aromatic heterocycles. The number of nitrogens with two attached hydrogens (primary N) is 4. The molecule has 0 fully saturated rings. The zero-order valence-electron chi connectivity index (χ0n) is 77.0. The first-order valence-corrected chi connectivity index (χ1v) is 44.9. The average molecular weight is 1690 g/mol. The van der Waals surface area contributed by atoms with Crippen LogP contribution in [0.4, 0.5) is 23.3 Å². The Morgan fingerprint density at radius 2 is 0.624 bits per heavy atom. The number of hydrogen-bond acceptors (Lipinski definition) is 19. The number of benzene rings is 6. The Hall–Kier alpha value is -13.5. The third kappa shape index (κ3) is 24.5. The third-order valence-electron chi connectivity index (χ3n) is 20.6. The topological polar surface area (TPSA) is 349 Å². The fraction of sp³-hybridized carbons (Fsp3) is 0.350. The van der Waals surface area contributed by atoms with Gasteiger partial charge in [0.2, 0.25) is 0 Å². The van der Waals surface area contributed by atoms with Crippen LogP contribution in [-0.2, 0) is 46.8 Å². The summed E-state index contributed by atoms with van der Waals surface area (Å²) in [6.07, 6.45) is 28.4. The highest BCUT2D eigenvalue weighted by Gasteiger charge is 2.32. The quantitative estimate of drug-likeness (QED) is 0.0932. The number of anilines is 4. The normalized spacial score (nSPS) is 14.3. The van der Waals surface area contributed by atoms with Crippen molar-refractivity contribution >= 4 is 78.4 Å². The number of aromatic amines is 2. The molecule has 4 aliphatic rings. The molecule has 4 unspecified atom stereocenters. The number of nitrogen functional groups attached to an aromatic ring is 4. The van der Waals surface area contributed by atoms with Gasteiger partial charge in [-0.25, -0.2) is 49.5 Å². The van der Waals surface area contributed by atoms with Crippen molar-refractivity contribution in [2.45, 2.75) is 212 Å². The zero-order valence-corrected chi connectivity index (χ0v) is 77.0. The van der Waals surface area contributed by atoms with Gasteiger partial charge in [0.15, 0.2) is 23.3 Å². The lowest BCUT2D eigenvalue weighted by molar-refractivity contribution is 0.595. The Bertz CT molecular complexity index is 5480. The van der Waals surface area contributed by atoms with Crippen molar-refractivity contribution in [3.8, 4) is 5.69 Å². The summed E-state index contributed by atoms with van der Waals surface area (Å²) < 4.78 is 7.29. The minimum atomic E-state index is 0.238. The van der Waals surface area contributed by atoms with E-state index in [0.717, 1.165) is 141 Å². The van der Waals surface area contributed by atoms with Crippen LogP contribution in [0, 0.1) is 0 Å². The first-order valence-electron chi connectivity index (χ1n) is 44.9. The summed E-state index contributed by atoms with van der Waals surface area (Å²) in [5.74, 6) is 3.07. The average Bonchev–Trinajstić information content (AvgIpc) is 1.62. The highest BCUT2D eigenvalue weighted by molar-refractivity contribution is 5.90. The molecule has 17 aromatic rings. The summed E-state index contributed by atoms with van der Waals surface area (Å²) in [6, 6.07) is 60.1. The molecular weight excluding hydrogens is 1550 g/mol. The highest BCUT2D eigenvalue weighted by atomic mass is 15.3. The molecule has 11 heterocycles. The molecule has 25 heteroatoms. The second kappa shape index (κ2) is 52.8. The number of rotatable bonds is 5. The van der Waals surface area contributed by atoms with Crippen LogP contribution in [0.2, 0.25) is 0 Å². The second-order valence-electron chi connectivity index (χ2n) is 27.3. The SMILES string of the molecule is CC.CC.CC.CC.CC.CC.CC.CC.Cn1nc(C2CCCc3ccccc32)c2ncnc(N)c21.Cn1nc(C2CCCc3ccccc32)c2ncnc(N)c21.Cn1nc(C2CCCc3ccccc32)c2ncnc(N)c21.Nc1ncnc2c(C3CCCc4ccccc43)nn(-c3ccccc3)c12.c1ccc2[nH]cnc2c1.c1ccncc1.c1cn[nH]c1. The predicted molar refractivity (Wildman–Crippen MR) is 518 cm³/mol. The molecule has 0 amide bonds. The van der Waals surface area contributed by atoms with Crippen molar-refractivity contribution in [3.63, 3.8) is 0 Å². The molecule has 658 valence electrons. The van der Waals surface area contributed by atoms with E-state index in [9.17, 15) is 0 Å². The number of nitrogens with one attached hydrogen (secondary N) is 2. The highest BCUT2D eigenvalue weighted by Crippen LogP contribution is 2.44. The molecule has 0 spiro atoms. The summed E-state index contributed by atoms with van der Waals surface area (Å²) >= 11 is 0. The first-order chi connectivity index (χ1) is 61.6. The molecule has 4 atom stereocenters. The number of pyridine rings is 1. The summed E-state index contributed by atoms with van der Waals surface area (Å²) in [6.45, 7) is 32.0. The smallest absolute Gasteiger partial charge is 0.153 e. The van der Waals surface area contributed by atoms with E-state index in [1.165, 1.54) is 89.1 Å². The van der Waals surface area contributed by atoms with Crippen molar-refractivity contribution in [1.29, 1.82) is 0 Å². The summed E-state index contributed by atoms with van der Waals surface area (Å²) in [5.41, 5.74) is 49.3. The lowest BCUT2D eigenvalue weighted by atomic mass is 9.81. The number of aromatic nitrogens is 21. The minimum absolute atomic E-state index is 0.238. The Kier molecular flexibility index (Phi) is 41.7. The maximum absolute atomic E-state index is 6.22. The van der Waals surface area contributed by atoms with Crippen LogP contribution in [0.3, 0.4) is 0 Å². The Labute approximate surface area is 739 Å². The minimum Gasteiger partial charge on any atom is -0.382 e. The van der Waals surface area contributed by atoms with Gasteiger partial charge in [-0.15, -0.1) is 0 Å². The number of H-pyrrole nitrogens is 2. The molecule has 0 aliphatic heterocycles. The van der Waals surface area contributed by atoms with E-state index < -0.39 is 0 Å². The van der Waals surface area contributed by atoms with Gasteiger partial charge in [-0.3, -0.25) is 24.1 Å². The van der Waals surface area contributed by atoms with Crippen LogP contribution in [0.25, 0.3) is 60.9 Å². The predicted octanol–water partition coefficient (Wildman–Crippen LogP) is 22.4. The molecule has 10 N–H and O–H groups in total. The van der Waals surface area contributed by atoms with E-state index in [1.54, 1.807) is 45.2 Å². The molecule has 4 aliphatic carbocycles. The fourth-order valence-electron chi connectivity index (χ4n) is 15.7. The lowest BCUT2D eigenvalue weighted by Gasteiger charge is -2.24. The van der Waals surface area contributed by atoms with Gasteiger partial charge in [-0.1, -0.05) is 244 Å². The van der Waals surface area contributed by atoms with Crippen LogP contribution < -0.4 is 22.9 Å². The number of hydrogen-bond donors (Lipinski definition) is 6. The monoisotopic (exact) mass is 1680 g/mol. The van der Waals surface area contributed by atoms with Gasteiger partial charge in [0.1, 0.15) is 69.4 Å². The second-order valence-corrected chi connectivity index (χ2v) is 27.3. The molecule has 0 saturated heterocycles. The van der Waals surface area contributed by atoms with Crippen molar-refractivity contribution in [2.75, 3.05) is 22.9 Å². The van der Waals surface area contributed by atoms with Crippen molar-refractivity contribution in [3.05, 3.63) is 300 Å². The Morgan fingerprint density at radius 3 is 0.936 bits per heavy atom. The zero-order chi connectivity index (χ0) is 90.6. The van der Waals surface area contributed by atoms with Crippen LogP contribution in [-0.4, -0.2) is 104 Å². The molecular formula is C100H133N25. The van der Waals surface area contributed by atoms with Crippen LogP contribution in [0.15, 0.2) is 232 Å². The van der Waals surface area contributed by atoms with Crippen LogP contribution >= 0.6 is 0 Å². The van der Waals surface area contributed by atoms with Gasteiger partial charge in [0, 0.05) is 69.6 Å². The van der Waals surface area contributed by atoms with Crippen molar-refractivity contribution in [2.24, 2.45) is 21.1 Å². The fourth-order valence-corrected chi connectivity index (χ4v) is 15.7. The number of aryl methyl sites for hydroxylation is 7.